The van der Waals surface area contributed by atoms with Gasteiger partial charge in [-0.25, -0.2) is 16.8 Å². The quantitative estimate of drug-likeness (QED) is 0.791. The standard InChI is InChI=1S/C15H18N2O5S2/c1-15(2,24(20,21)12-8-9-12)14-16-13(17-22-14)10-4-6-11(7-5-10)23(3,18)19/h4-7,12H,8-9H2,1-3H3. The first kappa shape index (κ1) is 17.1. The summed E-state index contributed by atoms with van der Waals surface area (Å²) in [7, 11) is -6.67. The van der Waals surface area contributed by atoms with Crippen LogP contribution in [0.25, 0.3) is 11.4 Å². The molecule has 0 radical (unpaired) electrons. The summed E-state index contributed by atoms with van der Waals surface area (Å²) in [4.78, 5) is 4.40. The molecule has 9 heteroatoms. The molecule has 0 saturated heterocycles. The van der Waals surface area contributed by atoms with Gasteiger partial charge in [0.2, 0.25) is 11.7 Å². The lowest BCUT2D eigenvalue weighted by Gasteiger charge is -2.19. The molecule has 1 saturated carbocycles. The molecule has 0 N–H and O–H groups in total. The highest BCUT2D eigenvalue weighted by atomic mass is 32.2. The predicted octanol–water partition coefficient (Wildman–Crippen LogP) is 1.95. The van der Waals surface area contributed by atoms with Crippen molar-refractivity contribution in [3.63, 3.8) is 0 Å². The second-order valence-corrected chi connectivity index (χ2v) is 11.3. The zero-order valence-corrected chi connectivity index (χ0v) is 15.2. The van der Waals surface area contributed by atoms with Crippen LogP contribution in [-0.2, 0) is 24.4 Å². The minimum absolute atomic E-state index is 0.0385. The van der Waals surface area contributed by atoms with Gasteiger partial charge in [0.05, 0.1) is 10.1 Å². The van der Waals surface area contributed by atoms with E-state index in [0.29, 0.717) is 18.4 Å². The number of hydrogen-bond donors (Lipinski definition) is 0. The highest BCUT2D eigenvalue weighted by Gasteiger charge is 2.50. The second-order valence-electron chi connectivity index (χ2n) is 6.47. The number of hydrogen-bond acceptors (Lipinski definition) is 7. The SMILES string of the molecule is CC(C)(c1nc(-c2ccc(S(C)(=O)=O)cc2)no1)S(=O)(=O)C1CC1. The maximum atomic E-state index is 12.5. The van der Waals surface area contributed by atoms with Gasteiger partial charge in [0.1, 0.15) is 4.75 Å². The molecule has 0 bridgehead atoms. The van der Waals surface area contributed by atoms with Gasteiger partial charge in [0, 0.05) is 11.8 Å². The summed E-state index contributed by atoms with van der Waals surface area (Å²) in [6.45, 7) is 3.12. The van der Waals surface area contributed by atoms with Crippen LogP contribution in [-0.4, -0.2) is 38.5 Å². The van der Waals surface area contributed by atoms with Crippen LogP contribution in [0.5, 0.6) is 0 Å². The zero-order chi connectivity index (χ0) is 17.8. The van der Waals surface area contributed by atoms with Gasteiger partial charge in [-0.3, -0.25) is 0 Å². The van der Waals surface area contributed by atoms with Crippen molar-refractivity contribution in [2.24, 2.45) is 0 Å². The summed E-state index contributed by atoms with van der Waals surface area (Å²) in [5.41, 5.74) is 0.553. The average Bonchev–Trinajstić information content (AvgIpc) is 3.24. The van der Waals surface area contributed by atoms with Gasteiger partial charge in [-0.05, 0) is 51.0 Å². The van der Waals surface area contributed by atoms with Gasteiger partial charge in [0.25, 0.3) is 0 Å². The summed E-state index contributed by atoms with van der Waals surface area (Å²) in [5, 5.41) is 3.50. The molecule has 1 aliphatic carbocycles. The molecular weight excluding hydrogens is 352 g/mol. The Labute approximate surface area is 140 Å². The Bertz CT molecular complexity index is 969. The topological polar surface area (TPSA) is 107 Å². The minimum atomic E-state index is -3.39. The molecule has 0 amide bonds. The van der Waals surface area contributed by atoms with Crippen molar-refractivity contribution in [3.05, 3.63) is 30.2 Å². The molecule has 1 aromatic carbocycles. The molecule has 1 heterocycles. The Hall–Kier alpha value is -1.74. The maximum absolute atomic E-state index is 12.5. The molecule has 2 aromatic rings. The van der Waals surface area contributed by atoms with E-state index in [2.05, 4.69) is 10.1 Å². The van der Waals surface area contributed by atoms with Crippen LogP contribution in [0, 0.1) is 0 Å². The van der Waals surface area contributed by atoms with Crippen LogP contribution >= 0.6 is 0 Å². The number of nitrogens with zero attached hydrogens (tertiary/aromatic N) is 2. The van der Waals surface area contributed by atoms with Gasteiger partial charge in [0.15, 0.2) is 19.7 Å². The van der Waals surface area contributed by atoms with E-state index in [-0.39, 0.29) is 21.9 Å². The van der Waals surface area contributed by atoms with Gasteiger partial charge in [-0.2, -0.15) is 4.98 Å². The fraction of sp³-hybridized carbons (Fsp3) is 0.467. The molecule has 130 valence electrons. The van der Waals surface area contributed by atoms with E-state index in [9.17, 15) is 16.8 Å². The Balaban J connectivity index is 1.93. The summed E-state index contributed by atoms with van der Waals surface area (Å²) < 4.78 is 51.9. The first-order valence-corrected chi connectivity index (χ1v) is 10.9. The molecule has 0 unspecified atom stereocenters. The van der Waals surface area contributed by atoms with Gasteiger partial charge in [-0.15, -0.1) is 0 Å². The van der Waals surface area contributed by atoms with Gasteiger partial charge >= 0.3 is 0 Å². The summed E-state index contributed by atoms with van der Waals surface area (Å²) >= 11 is 0. The van der Waals surface area contributed by atoms with Crippen molar-refractivity contribution >= 4 is 19.7 Å². The van der Waals surface area contributed by atoms with Crippen molar-refractivity contribution < 1.29 is 21.4 Å². The molecule has 0 aliphatic heterocycles. The van der Waals surface area contributed by atoms with Crippen LogP contribution in [0.2, 0.25) is 0 Å². The third-order valence-electron chi connectivity index (χ3n) is 4.16. The van der Waals surface area contributed by atoms with Crippen LogP contribution in [0.4, 0.5) is 0 Å². The van der Waals surface area contributed by atoms with Gasteiger partial charge in [-0.1, -0.05) is 5.16 Å². The monoisotopic (exact) mass is 370 g/mol. The molecule has 24 heavy (non-hydrogen) atoms. The molecule has 3 rings (SSSR count). The first-order chi connectivity index (χ1) is 11.0. The Morgan fingerprint density at radius 2 is 1.67 bits per heavy atom. The molecule has 0 atom stereocenters. The van der Waals surface area contributed by atoms with E-state index < -0.39 is 24.4 Å². The molecular formula is C15H18N2O5S2. The van der Waals surface area contributed by atoms with Crippen LogP contribution in [0.1, 0.15) is 32.6 Å². The highest BCUT2D eigenvalue weighted by molar-refractivity contribution is 7.93. The van der Waals surface area contributed by atoms with E-state index >= 15 is 0 Å². The van der Waals surface area contributed by atoms with Crippen molar-refractivity contribution in [1.82, 2.24) is 10.1 Å². The predicted molar refractivity (Wildman–Crippen MR) is 87.8 cm³/mol. The normalized spacial score (nSPS) is 16.3. The van der Waals surface area contributed by atoms with Crippen LogP contribution in [0.3, 0.4) is 0 Å². The smallest absolute Gasteiger partial charge is 0.247 e. The Morgan fingerprint density at radius 1 is 1.08 bits per heavy atom. The lowest BCUT2D eigenvalue weighted by molar-refractivity contribution is 0.347. The third-order valence-corrected chi connectivity index (χ3v) is 8.23. The van der Waals surface area contributed by atoms with Gasteiger partial charge < -0.3 is 4.52 Å². The summed E-state index contributed by atoms with van der Waals surface area (Å²) in [5.74, 6) is 0.265. The van der Waals surface area contributed by atoms with Crippen LogP contribution in [0.15, 0.2) is 33.7 Å². The van der Waals surface area contributed by atoms with E-state index in [4.69, 9.17) is 4.52 Å². The second kappa shape index (κ2) is 5.38. The first-order valence-electron chi connectivity index (χ1n) is 7.41. The average molecular weight is 370 g/mol. The van der Waals surface area contributed by atoms with Crippen LogP contribution < -0.4 is 0 Å². The Kier molecular flexibility index (Phi) is 3.83. The summed E-state index contributed by atoms with van der Waals surface area (Å²) in [6.07, 6.45) is 2.46. The molecule has 7 nitrogen and oxygen atoms in total. The highest BCUT2D eigenvalue weighted by Crippen LogP contribution is 2.41. The van der Waals surface area contributed by atoms with Crippen molar-refractivity contribution in [3.8, 4) is 11.4 Å². The number of sulfone groups is 2. The molecule has 1 fully saturated rings. The molecule has 1 aromatic heterocycles. The third kappa shape index (κ3) is 2.86. The van der Waals surface area contributed by atoms with E-state index in [1.807, 2.05) is 0 Å². The van der Waals surface area contributed by atoms with E-state index in [1.165, 1.54) is 12.1 Å². The Morgan fingerprint density at radius 3 is 2.17 bits per heavy atom. The maximum Gasteiger partial charge on any atom is 0.247 e. The molecule has 1 aliphatic rings. The number of aromatic nitrogens is 2. The molecule has 0 spiro atoms. The lowest BCUT2D eigenvalue weighted by Crippen LogP contribution is -2.32. The van der Waals surface area contributed by atoms with Crippen molar-refractivity contribution in [2.75, 3.05) is 6.26 Å². The summed E-state index contributed by atoms with van der Waals surface area (Å²) in [6, 6.07) is 6.03. The van der Waals surface area contributed by atoms with Crippen molar-refractivity contribution in [1.29, 1.82) is 0 Å². The fourth-order valence-electron chi connectivity index (χ4n) is 2.35. The zero-order valence-electron chi connectivity index (χ0n) is 13.6. The van der Waals surface area contributed by atoms with E-state index in [0.717, 1.165) is 6.26 Å². The van der Waals surface area contributed by atoms with E-state index in [1.54, 1.807) is 26.0 Å². The fourth-order valence-corrected chi connectivity index (χ4v) is 4.90. The largest absolute Gasteiger partial charge is 0.337 e. The van der Waals surface area contributed by atoms with Crippen molar-refractivity contribution in [2.45, 2.75) is 41.6 Å². The minimum Gasteiger partial charge on any atom is -0.337 e. The lowest BCUT2D eigenvalue weighted by atomic mass is 10.2. The number of rotatable bonds is 5. The number of benzene rings is 1.